The number of hydrogen-bond donors (Lipinski definition) is 2. The van der Waals surface area contributed by atoms with Crippen molar-refractivity contribution in [2.45, 2.75) is 77.4 Å². The molecule has 16 nitrogen and oxygen atoms in total. The lowest BCUT2D eigenvalue weighted by Crippen LogP contribution is -2.50. The Hall–Kier alpha value is -4.55. The number of nitriles is 1. The van der Waals surface area contributed by atoms with Gasteiger partial charge < -0.3 is 29.2 Å². The molecule has 2 aliphatic rings. The summed E-state index contributed by atoms with van der Waals surface area (Å²) in [5, 5.41) is 17.6. The van der Waals surface area contributed by atoms with Crippen LogP contribution in [0, 0.1) is 29.1 Å². The van der Waals surface area contributed by atoms with E-state index in [-0.39, 0.29) is 23.9 Å². The fraction of sp³-hybridized carbons (Fsp3) is 0.515. The van der Waals surface area contributed by atoms with Crippen molar-refractivity contribution in [3.05, 3.63) is 54.5 Å². The van der Waals surface area contributed by atoms with Crippen LogP contribution >= 0.6 is 7.75 Å². The van der Waals surface area contributed by atoms with Crippen LogP contribution in [0.1, 0.15) is 59.3 Å². The summed E-state index contributed by atoms with van der Waals surface area (Å²) >= 11 is 0. The Morgan fingerprint density at radius 3 is 2.38 bits per heavy atom. The zero-order valence-electron chi connectivity index (χ0n) is 28.4. The lowest BCUT2D eigenvalue weighted by molar-refractivity contribution is -0.173. The summed E-state index contributed by atoms with van der Waals surface area (Å²) < 4.78 is 51.0. The number of anilines is 1. The number of para-hydroxylation sites is 1. The number of nitrogen functional groups attached to an aromatic ring is 1. The van der Waals surface area contributed by atoms with Crippen LogP contribution in [0.3, 0.4) is 0 Å². The minimum Gasteiger partial charge on any atom is -0.464 e. The first-order valence-corrected chi connectivity index (χ1v) is 17.8. The SMILES string of the molecule is CC(C)C(=O)O[C@H]1[C@H](c2ccc3c(N)ncnn23)O[C@](C#N)(COP(=O)(NC(C)C(=O)OCC2CC2)Oc2ccccc2)[C@H]1OC(=O)C(C)C. The van der Waals surface area contributed by atoms with Gasteiger partial charge in [0.2, 0.25) is 5.60 Å². The Kier molecular flexibility index (Phi) is 11.1. The van der Waals surface area contributed by atoms with Crippen LogP contribution < -0.4 is 15.3 Å². The Morgan fingerprint density at radius 2 is 1.74 bits per heavy atom. The van der Waals surface area contributed by atoms with E-state index >= 15 is 0 Å². The van der Waals surface area contributed by atoms with E-state index in [0.717, 1.165) is 12.8 Å². The number of esters is 3. The van der Waals surface area contributed by atoms with Gasteiger partial charge in [-0.2, -0.15) is 15.4 Å². The van der Waals surface area contributed by atoms with E-state index < -0.39 is 74.1 Å². The average molecular weight is 713 g/mol. The highest BCUT2D eigenvalue weighted by Gasteiger charge is 2.62. The van der Waals surface area contributed by atoms with E-state index in [1.54, 1.807) is 58.0 Å². The third-order valence-electron chi connectivity index (χ3n) is 8.10. The molecule has 5 rings (SSSR count). The molecule has 1 aliphatic carbocycles. The molecule has 3 heterocycles. The van der Waals surface area contributed by atoms with Gasteiger partial charge in [0.25, 0.3) is 0 Å². The molecular formula is C33H41N6O10P. The van der Waals surface area contributed by atoms with Crippen molar-refractivity contribution in [3.63, 3.8) is 0 Å². The van der Waals surface area contributed by atoms with Gasteiger partial charge in [0.05, 0.1) is 24.1 Å². The molecule has 17 heteroatoms. The number of carbonyl (C=O) groups excluding carboxylic acids is 3. The van der Waals surface area contributed by atoms with Gasteiger partial charge in [-0.3, -0.25) is 18.9 Å². The molecule has 1 aromatic carbocycles. The van der Waals surface area contributed by atoms with Gasteiger partial charge >= 0.3 is 25.7 Å². The number of rotatable bonds is 15. The van der Waals surface area contributed by atoms with Gasteiger partial charge in [-0.05, 0) is 49.9 Å². The summed E-state index contributed by atoms with van der Waals surface area (Å²) in [6.07, 6.45) is -1.16. The normalized spacial score (nSPS) is 23.6. The number of nitrogens with one attached hydrogen (secondary N) is 1. The summed E-state index contributed by atoms with van der Waals surface area (Å²) in [7, 11) is -4.53. The minimum absolute atomic E-state index is 0.126. The molecule has 1 saturated heterocycles. The zero-order chi connectivity index (χ0) is 36.2. The number of aromatic nitrogens is 3. The first kappa shape index (κ1) is 36.7. The molecule has 2 unspecified atom stereocenters. The summed E-state index contributed by atoms with van der Waals surface area (Å²) in [5.74, 6) is -2.79. The molecule has 0 bridgehead atoms. The molecule has 2 aromatic heterocycles. The highest BCUT2D eigenvalue weighted by atomic mass is 31.2. The minimum atomic E-state index is -4.53. The number of fused-ring (bicyclic) bond motifs is 1. The molecule has 0 amide bonds. The molecule has 3 aromatic rings. The van der Waals surface area contributed by atoms with E-state index in [2.05, 4.69) is 15.2 Å². The maximum Gasteiger partial charge on any atom is 0.459 e. The Bertz CT molecular complexity index is 1790. The molecule has 1 saturated carbocycles. The highest BCUT2D eigenvalue weighted by molar-refractivity contribution is 7.52. The average Bonchev–Trinajstić information content (AvgIpc) is 3.74. The lowest BCUT2D eigenvalue weighted by atomic mass is 9.95. The van der Waals surface area contributed by atoms with Gasteiger partial charge in [0, 0.05) is 0 Å². The molecule has 0 radical (unpaired) electrons. The Labute approximate surface area is 289 Å². The molecule has 1 aliphatic heterocycles. The third-order valence-corrected chi connectivity index (χ3v) is 9.73. The number of nitrogens with zero attached hydrogens (tertiary/aromatic N) is 4. The maximum atomic E-state index is 14.4. The van der Waals surface area contributed by atoms with Crippen molar-refractivity contribution in [1.82, 2.24) is 19.7 Å². The van der Waals surface area contributed by atoms with Gasteiger partial charge in [-0.25, -0.2) is 14.1 Å². The van der Waals surface area contributed by atoms with E-state index in [4.69, 9.17) is 33.7 Å². The Balaban J connectivity index is 1.53. The van der Waals surface area contributed by atoms with E-state index in [1.807, 2.05) is 6.07 Å². The van der Waals surface area contributed by atoms with Crippen LogP contribution in [0.25, 0.3) is 5.52 Å². The number of ether oxygens (including phenoxy) is 4. The molecule has 3 N–H and O–H groups in total. The van der Waals surface area contributed by atoms with Crippen LogP contribution in [-0.2, 0) is 42.4 Å². The smallest absolute Gasteiger partial charge is 0.459 e. The summed E-state index contributed by atoms with van der Waals surface area (Å²) in [4.78, 5) is 43.0. The van der Waals surface area contributed by atoms with Crippen LogP contribution in [0.4, 0.5) is 5.82 Å². The molecule has 2 fully saturated rings. The number of benzene rings is 1. The summed E-state index contributed by atoms with van der Waals surface area (Å²) in [6.45, 7) is 7.23. The second-order valence-corrected chi connectivity index (χ2v) is 14.6. The van der Waals surface area contributed by atoms with Gasteiger partial charge in [-0.15, -0.1) is 0 Å². The summed E-state index contributed by atoms with van der Waals surface area (Å²) in [5.41, 5.74) is 4.50. The van der Waals surface area contributed by atoms with Crippen molar-refractivity contribution in [1.29, 1.82) is 5.26 Å². The van der Waals surface area contributed by atoms with Gasteiger partial charge in [0.1, 0.15) is 42.4 Å². The first-order chi connectivity index (χ1) is 23.8. The highest BCUT2D eigenvalue weighted by Crippen LogP contribution is 2.50. The van der Waals surface area contributed by atoms with Crippen molar-refractivity contribution >= 4 is 37.0 Å². The number of carbonyl (C=O) groups is 3. The topological polar surface area (TPSA) is 216 Å². The second kappa shape index (κ2) is 15.1. The van der Waals surface area contributed by atoms with Crippen LogP contribution in [0.2, 0.25) is 0 Å². The van der Waals surface area contributed by atoms with Crippen molar-refractivity contribution < 1.29 is 46.9 Å². The quantitative estimate of drug-likeness (QED) is 0.130. The standard InChI is InChI=1S/C33H41N6O10P/c1-19(2)30(40)46-27-26(24-13-14-25-29(35)36-18-37-39(24)25)48-33(16-34,28(27)47-31(41)20(3)4)17-45-50(43,49-23-9-7-6-8-10-23)38-21(5)32(42)44-15-22-11-12-22/h6-10,13-14,18-22,26-28H,11-12,15,17H2,1-5H3,(H,38,43)(H2,35,36,37)/t21?,26-,27-,28-,33+,50?/m0/s1. The second-order valence-electron chi connectivity index (χ2n) is 12.9. The van der Waals surface area contributed by atoms with E-state index in [0.29, 0.717) is 11.4 Å². The fourth-order valence-electron chi connectivity index (χ4n) is 5.05. The van der Waals surface area contributed by atoms with Gasteiger partial charge in [0.15, 0.2) is 18.0 Å². The largest absolute Gasteiger partial charge is 0.464 e. The number of hydrogen-bond acceptors (Lipinski definition) is 14. The molecule has 0 spiro atoms. The molecule has 268 valence electrons. The summed E-state index contributed by atoms with van der Waals surface area (Å²) in [6, 6.07) is 12.1. The van der Waals surface area contributed by atoms with Crippen molar-refractivity contribution in [2.75, 3.05) is 18.9 Å². The maximum absolute atomic E-state index is 14.4. The van der Waals surface area contributed by atoms with Crippen LogP contribution in [0.15, 0.2) is 48.8 Å². The predicted octanol–water partition coefficient (Wildman–Crippen LogP) is 3.92. The van der Waals surface area contributed by atoms with Crippen LogP contribution in [0.5, 0.6) is 5.75 Å². The molecule has 50 heavy (non-hydrogen) atoms. The van der Waals surface area contributed by atoms with E-state index in [9.17, 15) is 24.2 Å². The third kappa shape index (κ3) is 8.24. The van der Waals surface area contributed by atoms with Crippen molar-refractivity contribution in [2.24, 2.45) is 17.8 Å². The van der Waals surface area contributed by atoms with Crippen LogP contribution in [-0.4, -0.2) is 69.6 Å². The number of nitrogens with two attached hydrogens (primary N) is 1. The fourth-order valence-corrected chi connectivity index (χ4v) is 6.57. The molecular weight excluding hydrogens is 671 g/mol. The lowest BCUT2D eigenvalue weighted by Gasteiger charge is -2.31. The zero-order valence-corrected chi connectivity index (χ0v) is 29.3. The molecule has 6 atom stereocenters. The monoisotopic (exact) mass is 712 g/mol. The van der Waals surface area contributed by atoms with Crippen molar-refractivity contribution in [3.8, 4) is 11.8 Å². The van der Waals surface area contributed by atoms with E-state index in [1.165, 1.54) is 29.9 Å². The van der Waals surface area contributed by atoms with Gasteiger partial charge in [-0.1, -0.05) is 45.9 Å². The first-order valence-electron chi connectivity index (χ1n) is 16.3. The predicted molar refractivity (Wildman–Crippen MR) is 176 cm³/mol. The Morgan fingerprint density at radius 1 is 1.06 bits per heavy atom.